The Morgan fingerprint density at radius 3 is 1.44 bits per heavy atom. The number of benzene rings is 7. The van der Waals surface area contributed by atoms with Crippen molar-refractivity contribution in [1.82, 2.24) is 4.72 Å². The quantitative estimate of drug-likeness (QED) is 0.0461. The van der Waals surface area contributed by atoms with Crippen LogP contribution in [-0.2, 0) is 5.41 Å². The first-order chi connectivity index (χ1) is 31.3. The number of hydrogen-bond donors (Lipinski definition) is 1. The van der Waals surface area contributed by atoms with Gasteiger partial charge in [-0.3, -0.25) is 0 Å². The highest BCUT2D eigenvalue weighted by Gasteiger charge is 2.53. The predicted molar refractivity (Wildman–Crippen MR) is 244 cm³/mol. The van der Waals surface area contributed by atoms with E-state index < -0.39 is 93.8 Å². The Hall–Kier alpha value is -5.98. The SMILES string of the molecule is Cc1cc(C)c(N[B]N(C)[B][P+](c2ccccc2)(c2ccccc2)c2cccc3c2Oc2c([B-](c4c(F)c(F)c(F)c(F)c4F)c4c(F)c(F)c(F)c(F)c4F)cccc2C3(C)C)c(C)c1. The van der Waals surface area contributed by atoms with Gasteiger partial charge in [-0.05, 0) is 76.0 Å². The largest absolute Gasteiger partial charge is 0.467 e. The summed E-state index contributed by atoms with van der Waals surface area (Å²) >= 11 is 0. The fraction of sp³-hybridized carbons (Fsp3) is 0.143. The molecule has 0 fully saturated rings. The molecule has 1 aliphatic heterocycles. The highest BCUT2D eigenvalue weighted by Crippen LogP contribution is 2.59. The maximum absolute atomic E-state index is 16.1. The monoisotopic (exact) mass is 923 g/mol. The zero-order valence-electron chi connectivity index (χ0n) is 36.2. The number of hydrogen-bond acceptors (Lipinski definition) is 3. The van der Waals surface area contributed by atoms with Crippen molar-refractivity contribution in [3.63, 3.8) is 0 Å². The first-order valence-corrected chi connectivity index (χ1v) is 22.4. The van der Waals surface area contributed by atoms with E-state index in [2.05, 4.69) is 17.4 Å². The van der Waals surface area contributed by atoms with Gasteiger partial charge >= 0.3 is 14.7 Å². The minimum absolute atomic E-state index is 0.167. The molecule has 7 aromatic carbocycles. The van der Waals surface area contributed by atoms with Gasteiger partial charge in [0.2, 0.25) is 0 Å². The van der Waals surface area contributed by atoms with Crippen molar-refractivity contribution in [3.05, 3.63) is 195 Å². The minimum atomic E-state index is -3.13. The first kappa shape index (κ1) is 46.6. The Bertz CT molecular complexity index is 2860. The number of nitrogens with one attached hydrogen (secondary N) is 1. The van der Waals surface area contributed by atoms with E-state index in [1.807, 2.05) is 112 Å². The van der Waals surface area contributed by atoms with Gasteiger partial charge in [-0.2, -0.15) is 16.4 Å². The van der Waals surface area contributed by atoms with Gasteiger partial charge in [-0.25, -0.2) is 43.9 Å². The van der Waals surface area contributed by atoms with Crippen LogP contribution in [0.2, 0.25) is 0 Å². The zero-order chi connectivity index (χ0) is 47.6. The Kier molecular flexibility index (Phi) is 12.5. The van der Waals surface area contributed by atoms with E-state index in [1.165, 1.54) is 12.1 Å². The molecular weight excluding hydrogens is 886 g/mol. The molecule has 0 saturated carbocycles. The van der Waals surface area contributed by atoms with Crippen LogP contribution in [-0.4, -0.2) is 33.2 Å². The van der Waals surface area contributed by atoms with Gasteiger partial charge in [0.25, 0.3) is 0 Å². The highest BCUT2D eigenvalue weighted by molar-refractivity contribution is 8.16. The van der Waals surface area contributed by atoms with E-state index in [0.717, 1.165) is 39.1 Å². The third kappa shape index (κ3) is 7.56. The number of fused-ring (bicyclic) bond motifs is 2. The summed E-state index contributed by atoms with van der Waals surface area (Å²) in [6.07, 6.45) is 0. The molecule has 66 heavy (non-hydrogen) atoms. The van der Waals surface area contributed by atoms with Gasteiger partial charge in [0, 0.05) is 22.2 Å². The fourth-order valence-corrected chi connectivity index (χ4v) is 13.0. The van der Waals surface area contributed by atoms with E-state index >= 15 is 35.1 Å². The molecule has 0 atom stereocenters. The molecule has 0 spiro atoms. The maximum atomic E-state index is 16.1. The molecule has 0 aliphatic carbocycles. The lowest BCUT2D eigenvalue weighted by Crippen LogP contribution is -2.59. The highest BCUT2D eigenvalue weighted by atomic mass is 31.2. The summed E-state index contributed by atoms with van der Waals surface area (Å²) in [5, 5.41) is 5.67. The number of rotatable bonds is 11. The van der Waals surface area contributed by atoms with E-state index in [1.54, 1.807) is 27.5 Å². The van der Waals surface area contributed by atoms with Crippen LogP contribution < -0.4 is 42.3 Å². The first-order valence-electron chi connectivity index (χ1n) is 20.6. The van der Waals surface area contributed by atoms with Crippen LogP contribution in [0.4, 0.5) is 49.6 Å². The molecule has 8 rings (SSSR count). The molecule has 0 bridgehead atoms. The Labute approximate surface area is 377 Å². The van der Waals surface area contributed by atoms with Gasteiger partial charge in [0.1, 0.15) is 28.6 Å². The second-order valence-corrected chi connectivity index (χ2v) is 19.9. The maximum Gasteiger partial charge on any atom is 0.467 e. The molecule has 1 aliphatic rings. The van der Waals surface area contributed by atoms with E-state index in [0.29, 0.717) is 10.9 Å². The lowest BCUT2D eigenvalue weighted by atomic mass is 9.35. The number of para-hydroxylation sites is 2. The van der Waals surface area contributed by atoms with Gasteiger partial charge < -0.3 is 14.7 Å². The Balaban J connectivity index is 1.40. The van der Waals surface area contributed by atoms with Gasteiger partial charge in [0.15, 0.2) is 40.7 Å². The smallest absolute Gasteiger partial charge is 0.456 e. The van der Waals surface area contributed by atoms with Crippen molar-refractivity contribution in [2.45, 2.75) is 40.0 Å². The summed E-state index contributed by atoms with van der Waals surface area (Å²) in [5.41, 5.74) is -0.765. The number of ether oxygens (including phenoxy) is 1. The predicted octanol–water partition coefficient (Wildman–Crippen LogP) is 9.36. The number of halogens is 10. The lowest BCUT2D eigenvalue weighted by molar-refractivity contribution is 0.382. The van der Waals surface area contributed by atoms with Crippen LogP contribution in [0.1, 0.15) is 41.7 Å². The Morgan fingerprint density at radius 1 is 0.545 bits per heavy atom. The third-order valence-corrected chi connectivity index (χ3v) is 16.2. The second-order valence-electron chi connectivity index (χ2n) is 16.7. The molecule has 0 aromatic heterocycles. The van der Waals surface area contributed by atoms with E-state index in [4.69, 9.17) is 4.74 Å². The number of anilines is 1. The van der Waals surface area contributed by atoms with Crippen LogP contribution in [0.25, 0.3) is 0 Å². The minimum Gasteiger partial charge on any atom is -0.456 e. The van der Waals surface area contributed by atoms with Gasteiger partial charge in [-0.1, -0.05) is 98.3 Å². The van der Waals surface area contributed by atoms with Gasteiger partial charge in [-0.15, -0.1) is 0 Å². The summed E-state index contributed by atoms with van der Waals surface area (Å²) in [6.45, 7) is 6.67. The summed E-state index contributed by atoms with van der Waals surface area (Å²) in [6, 6.07) is 32.3. The second kappa shape index (κ2) is 17.7. The molecule has 333 valence electrons. The molecule has 0 saturated heterocycles. The van der Waals surface area contributed by atoms with Crippen LogP contribution >= 0.6 is 7.14 Å². The van der Waals surface area contributed by atoms with Crippen LogP contribution in [0.3, 0.4) is 0 Å². The van der Waals surface area contributed by atoms with Crippen molar-refractivity contribution >= 4 is 66.5 Å². The standard InChI is InChI=1S/C49H37B3F10N2OP/c1-25-23-26(2)46(27(3)24-25)63-50-64(6)51-66(28-15-9-7-10-16-28,29-17-11-8-12-18-29)33-22-14-20-31-48(33)65-47-30(49(31,4)5)19-13-21-32(47)52(34-36(53)40(57)44(61)41(58)37(34)54)35-38(55)42(59)45(62)43(60)39(35)56/h7-24,63H,1-6H3. The third-order valence-electron chi connectivity index (χ3n) is 12.1. The average Bonchev–Trinajstić information content (AvgIpc) is 3.30. The normalized spacial score (nSPS) is 13.1. The molecular formula is C49H37B3F10N2OP. The molecule has 17 heteroatoms. The van der Waals surface area contributed by atoms with Gasteiger partial charge in [0.05, 0.1) is 23.5 Å². The molecule has 3 radical (unpaired) electrons. The Morgan fingerprint density at radius 2 is 0.970 bits per heavy atom. The average molecular weight is 923 g/mol. The summed E-state index contributed by atoms with van der Waals surface area (Å²) in [5.74, 6) is -25.6. The zero-order valence-corrected chi connectivity index (χ0v) is 37.1. The molecule has 7 aromatic rings. The van der Waals surface area contributed by atoms with Crippen molar-refractivity contribution in [2.75, 3.05) is 12.3 Å². The van der Waals surface area contributed by atoms with E-state index in [9.17, 15) is 8.78 Å². The van der Waals surface area contributed by atoms with Crippen molar-refractivity contribution in [3.8, 4) is 11.5 Å². The lowest BCUT2D eigenvalue weighted by Gasteiger charge is -2.41. The van der Waals surface area contributed by atoms with Crippen LogP contribution in [0.5, 0.6) is 11.5 Å². The summed E-state index contributed by atoms with van der Waals surface area (Å²) < 4.78 is 163. The molecule has 1 N–H and O–H groups in total. The van der Waals surface area contributed by atoms with Crippen molar-refractivity contribution in [2.24, 2.45) is 0 Å². The number of nitrogens with zero attached hydrogens (tertiary/aromatic N) is 1. The van der Waals surface area contributed by atoms with Crippen molar-refractivity contribution in [1.29, 1.82) is 0 Å². The molecule has 0 amide bonds. The van der Waals surface area contributed by atoms with Crippen LogP contribution in [0, 0.1) is 78.9 Å². The van der Waals surface area contributed by atoms with Crippen molar-refractivity contribution < 1.29 is 48.6 Å². The summed E-state index contributed by atoms with van der Waals surface area (Å²) in [7, 11) is 2.56. The topological polar surface area (TPSA) is 24.5 Å². The summed E-state index contributed by atoms with van der Waals surface area (Å²) in [4.78, 5) is 0. The number of aryl methyl sites for hydroxylation is 3. The van der Waals surface area contributed by atoms with Crippen LogP contribution in [0.15, 0.2) is 109 Å². The molecule has 1 heterocycles. The van der Waals surface area contributed by atoms with E-state index in [-0.39, 0.29) is 17.1 Å². The molecule has 3 nitrogen and oxygen atoms in total. The molecule has 0 unspecified atom stereocenters. The fourth-order valence-electron chi connectivity index (χ4n) is 9.07.